The van der Waals surface area contributed by atoms with E-state index in [2.05, 4.69) is 215 Å². The van der Waals surface area contributed by atoms with Gasteiger partial charge in [-0.3, -0.25) is 0 Å². The standard InChI is InChI=1S/C70H42N4O2/c1-72-66-57(42-71)67(73(47-38-34-45(35-39-47)43-18-4-2-5-19-43)58-30-16-28-55-49-22-12-14-32-60(49)75-69(55)58)64-62-51-24-8-10-26-53(51)63(54-27-11-9-25-52(54)62)65(64)68(66)74(48-40-36-46(37-41-48)44-20-6-3-7-21-44)59-31-17-29-56-50-23-13-15-33-61(50)76-70(56)59/h2-41,62-63H. The van der Waals surface area contributed by atoms with Crippen molar-refractivity contribution < 1.29 is 8.83 Å². The van der Waals surface area contributed by atoms with Crippen LogP contribution in [0.2, 0.25) is 0 Å². The van der Waals surface area contributed by atoms with E-state index in [1.54, 1.807) is 0 Å². The van der Waals surface area contributed by atoms with Crippen LogP contribution in [0.5, 0.6) is 0 Å². The summed E-state index contributed by atoms with van der Waals surface area (Å²) in [5, 5.41) is 16.1. The maximum Gasteiger partial charge on any atom is 0.230 e. The highest BCUT2D eigenvalue weighted by molar-refractivity contribution is 6.14. The number of furan rings is 2. The van der Waals surface area contributed by atoms with Crippen LogP contribution >= 0.6 is 0 Å². The van der Waals surface area contributed by atoms with Gasteiger partial charge in [0.2, 0.25) is 5.69 Å². The van der Waals surface area contributed by atoms with E-state index in [9.17, 15) is 11.8 Å². The molecule has 11 aromatic carbocycles. The molecule has 0 fully saturated rings. The zero-order valence-corrected chi connectivity index (χ0v) is 40.9. The summed E-state index contributed by atoms with van der Waals surface area (Å²) in [6.45, 7) is 9.55. The number of nitriles is 1. The lowest BCUT2D eigenvalue weighted by Crippen LogP contribution is -2.32. The monoisotopic (exact) mass is 970 g/mol. The second kappa shape index (κ2) is 17.1. The van der Waals surface area contributed by atoms with Crippen molar-refractivity contribution in [3.63, 3.8) is 0 Å². The summed E-state index contributed by atoms with van der Waals surface area (Å²) in [5.41, 5.74) is 18.7. The van der Waals surface area contributed by atoms with Gasteiger partial charge in [0, 0.05) is 44.8 Å². The molecular weight excluding hydrogens is 929 g/mol. The van der Waals surface area contributed by atoms with E-state index in [1.807, 2.05) is 48.5 Å². The van der Waals surface area contributed by atoms with Gasteiger partial charge in [0.1, 0.15) is 11.2 Å². The van der Waals surface area contributed by atoms with E-state index in [0.29, 0.717) is 22.5 Å². The first kappa shape index (κ1) is 43.2. The molecule has 3 aliphatic carbocycles. The first-order chi connectivity index (χ1) is 37.7. The molecule has 2 aromatic heterocycles. The van der Waals surface area contributed by atoms with E-state index < -0.39 is 0 Å². The third-order valence-electron chi connectivity index (χ3n) is 15.7. The van der Waals surface area contributed by atoms with Gasteiger partial charge in [-0.2, -0.15) is 5.26 Å². The number of anilines is 6. The first-order valence-electron chi connectivity index (χ1n) is 25.6. The zero-order chi connectivity index (χ0) is 50.4. The van der Waals surface area contributed by atoms with Crippen LogP contribution in [0, 0.1) is 17.9 Å². The minimum Gasteiger partial charge on any atom is -0.454 e. The summed E-state index contributed by atoms with van der Waals surface area (Å²) in [6.07, 6.45) is 0. The minimum atomic E-state index is -0.335. The summed E-state index contributed by atoms with van der Waals surface area (Å²) >= 11 is 0. The molecule has 2 heterocycles. The SMILES string of the molecule is [C-]#[N+]c1c(C#N)c(N(c2ccc(-c3ccccc3)cc2)c2cccc3c2oc2ccccc23)c2c(c1N(c1ccc(-c3ccccc3)cc1)c1cccc3c1oc1ccccc13)C1c3ccccc3C2c2ccccc21. The molecule has 0 N–H and O–H groups in total. The average Bonchev–Trinajstić information content (AvgIpc) is 4.15. The molecule has 0 spiro atoms. The Labute approximate surface area is 438 Å². The third-order valence-corrected chi connectivity index (χ3v) is 15.7. The van der Waals surface area contributed by atoms with Crippen molar-refractivity contribution in [2.75, 3.05) is 9.80 Å². The van der Waals surface area contributed by atoms with Gasteiger partial charge in [0.05, 0.1) is 41.0 Å². The van der Waals surface area contributed by atoms with Gasteiger partial charge >= 0.3 is 0 Å². The van der Waals surface area contributed by atoms with Crippen molar-refractivity contribution in [2.24, 2.45) is 0 Å². The van der Waals surface area contributed by atoms with E-state index in [-0.39, 0.29) is 23.1 Å². The molecule has 0 saturated carbocycles. The van der Waals surface area contributed by atoms with Crippen molar-refractivity contribution in [3.8, 4) is 28.3 Å². The quantitative estimate of drug-likeness (QED) is 0.142. The number of rotatable bonds is 8. The van der Waals surface area contributed by atoms with Gasteiger partial charge in [-0.05, 0) is 104 Å². The van der Waals surface area contributed by atoms with Crippen molar-refractivity contribution >= 4 is 83.7 Å². The number of benzene rings is 11. The predicted octanol–water partition coefficient (Wildman–Crippen LogP) is 19.2. The van der Waals surface area contributed by atoms with Gasteiger partial charge in [-0.25, -0.2) is 4.85 Å². The van der Waals surface area contributed by atoms with E-state index in [1.165, 1.54) is 22.3 Å². The molecule has 0 saturated heterocycles. The van der Waals surface area contributed by atoms with Crippen LogP contribution in [0.25, 0.3) is 71.0 Å². The molecular formula is C70H42N4O2. The highest BCUT2D eigenvalue weighted by Gasteiger charge is 2.48. The number of hydrogen-bond donors (Lipinski definition) is 0. The first-order valence-corrected chi connectivity index (χ1v) is 25.6. The third kappa shape index (κ3) is 6.38. The molecule has 0 radical (unpaired) electrons. The maximum atomic E-state index is 12.3. The molecule has 2 bridgehead atoms. The molecule has 3 aliphatic rings. The summed E-state index contributed by atoms with van der Waals surface area (Å²) < 4.78 is 13.9. The largest absolute Gasteiger partial charge is 0.454 e. The fourth-order valence-corrected chi connectivity index (χ4v) is 12.5. The summed E-state index contributed by atoms with van der Waals surface area (Å²) in [4.78, 5) is 9.01. The average molecular weight is 971 g/mol. The van der Waals surface area contributed by atoms with Crippen molar-refractivity contribution in [2.45, 2.75) is 11.8 Å². The molecule has 0 unspecified atom stereocenters. The topological polar surface area (TPSA) is 60.9 Å². The molecule has 0 aliphatic heterocycles. The molecule has 6 nitrogen and oxygen atoms in total. The molecule has 0 atom stereocenters. The number of hydrogen-bond acceptors (Lipinski definition) is 5. The summed E-state index contributed by atoms with van der Waals surface area (Å²) in [7, 11) is 0. The Balaban J connectivity index is 1.10. The van der Waals surface area contributed by atoms with Gasteiger partial charge in [0.25, 0.3) is 0 Å². The minimum absolute atomic E-state index is 0.238. The number of fused-ring (bicyclic) bond motifs is 6. The summed E-state index contributed by atoms with van der Waals surface area (Å²) in [5.74, 6) is -0.669. The Kier molecular flexibility index (Phi) is 9.72. The summed E-state index contributed by atoms with van der Waals surface area (Å²) in [6, 6.07) is 86.9. The predicted molar refractivity (Wildman–Crippen MR) is 307 cm³/mol. The lowest BCUT2D eigenvalue weighted by atomic mass is 9.59. The molecule has 354 valence electrons. The van der Waals surface area contributed by atoms with E-state index in [0.717, 1.165) is 88.8 Å². The number of nitrogens with zero attached hydrogens (tertiary/aromatic N) is 4. The fourth-order valence-electron chi connectivity index (χ4n) is 12.5. The number of para-hydroxylation sites is 4. The van der Waals surface area contributed by atoms with Gasteiger partial charge in [-0.1, -0.05) is 194 Å². The molecule has 13 aromatic rings. The highest BCUT2D eigenvalue weighted by atomic mass is 16.3. The Bertz CT molecular complexity index is 4220. The lowest BCUT2D eigenvalue weighted by Gasteiger charge is -2.47. The highest BCUT2D eigenvalue weighted by Crippen LogP contribution is 2.66. The smallest absolute Gasteiger partial charge is 0.230 e. The Morgan fingerprint density at radius 1 is 0.382 bits per heavy atom. The van der Waals surface area contributed by atoms with Crippen LogP contribution < -0.4 is 9.80 Å². The van der Waals surface area contributed by atoms with Crippen LogP contribution in [0.1, 0.15) is 50.8 Å². The van der Waals surface area contributed by atoms with Gasteiger partial charge < -0.3 is 18.6 Å². The second-order valence-corrected chi connectivity index (χ2v) is 19.6. The van der Waals surface area contributed by atoms with E-state index in [4.69, 9.17) is 8.83 Å². The van der Waals surface area contributed by atoms with Crippen molar-refractivity contribution in [1.29, 1.82) is 5.26 Å². The van der Waals surface area contributed by atoms with Crippen LogP contribution in [-0.4, -0.2) is 0 Å². The maximum absolute atomic E-state index is 12.3. The zero-order valence-electron chi connectivity index (χ0n) is 40.9. The van der Waals surface area contributed by atoms with E-state index >= 15 is 0 Å². The Hall–Kier alpha value is -10.4. The lowest BCUT2D eigenvalue weighted by molar-refractivity contribution is 0.668. The molecule has 16 rings (SSSR count). The van der Waals surface area contributed by atoms with Crippen LogP contribution in [0.3, 0.4) is 0 Å². The van der Waals surface area contributed by atoms with Crippen LogP contribution in [0.15, 0.2) is 251 Å². The fraction of sp³-hybridized carbons (Fsp3) is 0.0286. The Morgan fingerprint density at radius 2 is 0.750 bits per heavy atom. The van der Waals surface area contributed by atoms with Crippen LogP contribution in [0.4, 0.5) is 39.8 Å². The second-order valence-electron chi connectivity index (χ2n) is 19.6. The van der Waals surface area contributed by atoms with Crippen molar-refractivity contribution in [1.82, 2.24) is 0 Å². The molecule has 0 amide bonds. The Morgan fingerprint density at radius 3 is 1.18 bits per heavy atom. The van der Waals surface area contributed by atoms with Gasteiger partial charge in [0.15, 0.2) is 11.2 Å². The van der Waals surface area contributed by atoms with Crippen molar-refractivity contribution in [3.05, 3.63) is 293 Å². The molecule has 76 heavy (non-hydrogen) atoms. The van der Waals surface area contributed by atoms with Crippen LogP contribution in [-0.2, 0) is 0 Å². The van der Waals surface area contributed by atoms with Gasteiger partial charge in [-0.15, -0.1) is 0 Å². The molecule has 6 heteroatoms. The normalized spacial score (nSPS) is 14.0.